The fraction of sp³-hybridized carbons (Fsp3) is 0.235. The minimum absolute atomic E-state index is 0.0119. The Hall–Kier alpha value is -1.01. The highest BCUT2D eigenvalue weighted by Gasteiger charge is 2.12. The summed E-state index contributed by atoms with van der Waals surface area (Å²) >= 11 is 4.52. The number of aromatic nitrogens is 1. The van der Waals surface area contributed by atoms with Gasteiger partial charge in [-0.05, 0) is 71.2 Å². The van der Waals surface area contributed by atoms with Crippen LogP contribution in [0.25, 0.3) is 11.1 Å². The number of hydrogen-bond donors (Lipinski definition) is 0. The zero-order valence-electron chi connectivity index (χ0n) is 12.3. The van der Waals surface area contributed by atoms with Gasteiger partial charge in [-0.2, -0.15) is 4.73 Å². The third-order valence-electron chi connectivity index (χ3n) is 3.03. The number of pyridine rings is 1. The summed E-state index contributed by atoms with van der Waals surface area (Å²) in [6.45, 7) is 4.22. The van der Waals surface area contributed by atoms with Crippen LogP contribution in [0, 0.1) is 19.0 Å². The van der Waals surface area contributed by atoms with Gasteiger partial charge in [0, 0.05) is 24.7 Å². The summed E-state index contributed by atoms with van der Waals surface area (Å²) < 4.78 is 3.80. The Labute approximate surface area is 157 Å². The number of hydrogen-bond acceptors (Lipinski definition) is 2. The van der Waals surface area contributed by atoms with Crippen LogP contribution in [0.2, 0.25) is 0 Å². The van der Waals surface area contributed by atoms with Gasteiger partial charge >= 0.3 is 0 Å². The fourth-order valence-corrected chi connectivity index (χ4v) is 3.93. The summed E-state index contributed by atoms with van der Waals surface area (Å²) in [5, 5.41) is 0. The van der Waals surface area contributed by atoms with Crippen molar-refractivity contribution in [1.82, 2.24) is 4.73 Å². The Morgan fingerprint density at radius 2 is 2.00 bits per heavy atom. The fourth-order valence-electron chi connectivity index (χ4n) is 2.04. The van der Waals surface area contributed by atoms with Gasteiger partial charge in [-0.15, -0.1) is 5.92 Å². The van der Waals surface area contributed by atoms with Crippen LogP contribution < -0.4 is 10.3 Å². The van der Waals surface area contributed by atoms with E-state index in [9.17, 15) is 4.79 Å². The van der Waals surface area contributed by atoms with Crippen molar-refractivity contribution in [2.45, 2.75) is 20.3 Å². The molecule has 0 aliphatic heterocycles. The standard InChI is InChI=1S/C17H15I2NO2/c1-3-5-6-12-10-20(22-4-2)11-15(17(12)21)14-8-7-13(18)9-16(14)19/h7-11H,4,6H2,1-2H3. The van der Waals surface area contributed by atoms with E-state index in [-0.39, 0.29) is 5.43 Å². The van der Waals surface area contributed by atoms with Crippen LogP contribution in [0.4, 0.5) is 0 Å². The topological polar surface area (TPSA) is 31.2 Å². The van der Waals surface area contributed by atoms with Crippen LogP contribution in [0.15, 0.2) is 35.4 Å². The largest absolute Gasteiger partial charge is 0.415 e. The summed E-state index contributed by atoms with van der Waals surface area (Å²) in [6.07, 6.45) is 3.90. The Balaban J connectivity index is 2.64. The van der Waals surface area contributed by atoms with Gasteiger partial charge in [0.1, 0.15) is 6.61 Å². The summed E-state index contributed by atoms with van der Waals surface area (Å²) in [5.74, 6) is 5.79. The molecule has 114 valence electrons. The SMILES string of the molecule is CC#CCc1cn(OCC)cc(-c2ccc(I)cc2I)c1=O. The number of nitrogens with zero attached hydrogens (tertiary/aromatic N) is 1. The average Bonchev–Trinajstić information content (AvgIpc) is 2.48. The summed E-state index contributed by atoms with van der Waals surface area (Å²) in [4.78, 5) is 18.3. The maximum Gasteiger partial charge on any atom is 0.193 e. The first kappa shape index (κ1) is 17.3. The lowest BCUT2D eigenvalue weighted by atomic mass is 10.0. The summed E-state index contributed by atoms with van der Waals surface area (Å²) in [5.41, 5.74) is 2.22. The van der Waals surface area contributed by atoms with E-state index < -0.39 is 0 Å². The highest BCUT2D eigenvalue weighted by atomic mass is 127. The van der Waals surface area contributed by atoms with Crippen molar-refractivity contribution in [3.05, 3.63) is 53.5 Å². The lowest BCUT2D eigenvalue weighted by Crippen LogP contribution is -2.20. The van der Waals surface area contributed by atoms with Crippen molar-refractivity contribution in [2.75, 3.05) is 6.61 Å². The predicted octanol–water partition coefficient (Wildman–Crippen LogP) is 3.74. The molecule has 0 unspecified atom stereocenters. The van der Waals surface area contributed by atoms with Crippen molar-refractivity contribution in [3.8, 4) is 23.0 Å². The van der Waals surface area contributed by atoms with Crippen LogP contribution in [0.5, 0.6) is 0 Å². The minimum Gasteiger partial charge on any atom is -0.415 e. The molecule has 0 N–H and O–H groups in total. The maximum atomic E-state index is 12.7. The highest BCUT2D eigenvalue weighted by molar-refractivity contribution is 14.1. The maximum absolute atomic E-state index is 12.7. The van der Waals surface area contributed by atoms with Crippen molar-refractivity contribution in [3.63, 3.8) is 0 Å². The normalized spacial score (nSPS) is 10.0. The minimum atomic E-state index is 0.0119. The molecule has 0 spiro atoms. The zero-order chi connectivity index (χ0) is 16.1. The van der Waals surface area contributed by atoms with E-state index >= 15 is 0 Å². The van der Waals surface area contributed by atoms with Crippen LogP contribution in [-0.4, -0.2) is 11.3 Å². The molecule has 0 amide bonds. The van der Waals surface area contributed by atoms with Crippen LogP contribution in [-0.2, 0) is 6.42 Å². The molecule has 0 radical (unpaired) electrons. The molecule has 3 nitrogen and oxygen atoms in total. The van der Waals surface area contributed by atoms with Crippen LogP contribution in [0.1, 0.15) is 19.4 Å². The Bertz CT molecular complexity index is 801. The smallest absolute Gasteiger partial charge is 0.193 e. The van der Waals surface area contributed by atoms with Crippen LogP contribution >= 0.6 is 45.2 Å². The van der Waals surface area contributed by atoms with Gasteiger partial charge in [0.05, 0.1) is 18.0 Å². The van der Waals surface area contributed by atoms with E-state index in [1.807, 2.05) is 19.1 Å². The van der Waals surface area contributed by atoms with Crippen LogP contribution in [0.3, 0.4) is 0 Å². The Morgan fingerprint density at radius 1 is 1.23 bits per heavy atom. The molecule has 0 aliphatic carbocycles. The molecule has 0 atom stereocenters. The lowest BCUT2D eigenvalue weighted by molar-refractivity contribution is 0.120. The first-order valence-electron chi connectivity index (χ1n) is 6.80. The molecular weight excluding hydrogens is 504 g/mol. The van der Waals surface area contributed by atoms with Gasteiger partial charge < -0.3 is 4.84 Å². The molecule has 0 saturated heterocycles. The van der Waals surface area contributed by atoms with E-state index in [4.69, 9.17) is 4.84 Å². The second-order valence-electron chi connectivity index (χ2n) is 4.53. The molecule has 22 heavy (non-hydrogen) atoms. The number of halogens is 2. The van der Waals surface area contributed by atoms with E-state index in [1.165, 1.54) is 0 Å². The van der Waals surface area contributed by atoms with E-state index in [0.717, 1.165) is 12.7 Å². The van der Waals surface area contributed by atoms with E-state index in [1.54, 1.807) is 24.0 Å². The summed E-state index contributed by atoms with van der Waals surface area (Å²) in [7, 11) is 0. The quantitative estimate of drug-likeness (QED) is 0.456. The number of benzene rings is 1. The predicted molar refractivity (Wildman–Crippen MR) is 106 cm³/mol. The van der Waals surface area contributed by atoms with Gasteiger partial charge in [-0.25, -0.2) is 0 Å². The van der Waals surface area contributed by atoms with Crippen molar-refractivity contribution in [2.24, 2.45) is 0 Å². The summed E-state index contributed by atoms with van der Waals surface area (Å²) in [6, 6.07) is 6.03. The third-order valence-corrected chi connectivity index (χ3v) is 4.59. The van der Waals surface area contributed by atoms with Crippen molar-refractivity contribution in [1.29, 1.82) is 0 Å². The lowest BCUT2D eigenvalue weighted by Gasteiger charge is -2.12. The van der Waals surface area contributed by atoms with Gasteiger partial charge in [0.2, 0.25) is 0 Å². The second-order valence-corrected chi connectivity index (χ2v) is 6.94. The molecule has 1 aromatic heterocycles. The first-order chi connectivity index (χ1) is 10.6. The van der Waals surface area contributed by atoms with E-state index in [0.29, 0.717) is 24.2 Å². The molecule has 0 bridgehead atoms. The Morgan fingerprint density at radius 3 is 2.64 bits per heavy atom. The first-order valence-corrected chi connectivity index (χ1v) is 8.96. The zero-order valence-corrected chi connectivity index (χ0v) is 16.6. The second kappa shape index (κ2) is 8.02. The van der Waals surface area contributed by atoms with Crippen molar-refractivity contribution < 1.29 is 4.84 Å². The molecule has 0 aliphatic rings. The Kier molecular flexibility index (Phi) is 6.32. The van der Waals surface area contributed by atoms with Gasteiger partial charge in [-0.1, -0.05) is 12.0 Å². The van der Waals surface area contributed by atoms with E-state index in [2.05, 4.69) is 63.1 Å². The molecule has 1 aromatic carbocycles. The van der Waals surface area contributed by atoms with Gasteiger partial charge in [-0.3, -0.25) is 4.79 Å². The monoisotopic (exact) mass is 519 g/mol. The third kappa shape index (κ3) is 4.04. The molecule has 2 rings (SSSR count). The van der Waals surface area contributed by atoms with Crippen molar-refractivity contribution >= 4 is 45.2 Å². The van der Waals surface area contributed by atoms with Gasteiger partial charge in [0.25, 0.3) is 0 Å². The highest BCUT2D eigenvalue weighted by Crippen LogP contribution is 2.24. The molecular formula is C17H15I2NO2. The number of rotatable bonds is 4. The molecule has 2 aromatic rings. The molecule has 5 heteroatoms. The molecule has 0 saturated carbocycles. The molecule has 0 fully saturated rings. The molecule has 1 heterocycles. The van der Waals surface area contributed by atoms with Gasteiger partial charge in [0.15, 0.2) is 5.43 Å². The average molecular weight is 519 g/mol.